The van der Waals surface area contributed by atoms with Gasteiger partial charge in [0.2, 0.25) is 10.0 Å². The lowest BCUT2D eigenvalue weighted by atomic mass is 10.2. The smallest absolute Gasteiger partial charge is 0.214 e. The van der Waals surface area contributed by atoms with Crippen LogP contribution in [0.3, 0.4) is 0 Å². The molecule has 0 bridgehead atoms. The third-order valence-electron chi connectivity index (χ3n) is 3.24. The quantitative estimate of drug-likeness (QED) is 0.905. The van der Waals surface area contributed by atoms with Gasteiger partial charge in [-0.2, -0.15) is 17.0 Å². The number of sulfonamides is 1. The van der Waals surface area contributed by atoms with Gasteiger partial charge in [0, 0.05) is 11.8 Å². The number of rotatable bonds is 5. The zero-order chi connectivity index (χ0) is 14.4. The first kappa shape index (κ1) is 15.4. The SMILES string of the molecule is N#Cc1ccc(CS(=O)(=O)NCC2CCCCS2)cc1. The largest absolute Gasteiger partial charge is 0.215 e. The average molecular weight is 310 g/mol. The van der Waals surface area contributed by atoms with Crippen LogP contribution in [0.4, 0.5) is 0 Å². The van der Waals surface area contributed by atoms with E-state index < -0.39 is 10.0 Å². The van der Waals surface area contributed by atoms with Gasteiger partial charge in [-0.1, -0.05) is 18.6 Å². The third-order valence-corrected chi connectivity index (χ3v) is 5.96. The van der Waals surface area contributed by atoms with E-state index in [1.807, 2.05) is 17.8 Å². The summed E-state index contributed by atoms with van der Waals surface area (Å²) in [5.41, 5.74) is 1.24. The van der Waals surface area contributed by atoms with Gasteiger partial charge in [0.25, 0.3) is 0 Å². The Morgan fingerprint density at radius 2 is 2.05 bits per heavy atom. The van der Waals surface area contributed by atoms with Crippen molar-refractivity contribution >= 4 is 21.8 Å². The summed E-state index contributed by atoms with van der Waals surface area (Å²) in [6, 6.07) is 8.67. The van der Waals surface area contributed by atoms with E-state index in [9.17, 15) is 8.42 Å². The average Bonchev–Trinajstić information content (AvgIpc) is 2.47. The molecule has 1 aliphatic rings. The lowest BCUT2D eigenvalue weighted by Crippen LogP contribution is -2.32. The Hall–Kier alpha value is -1.03. The van der Waals surface area contributed by atoms with Crippen LogP contribution in [-0.2, 0) is 15.8 Å². The third kappa shape index (κ3) is 4.82. The van der Waals surface area contributed by atoms with Crippen molar-refractivity contribution in [2.45, 2.75) is 30.3 Å². The van der Waals surface area contributed by atoms with E-state index in [1.165, 1.54) is 12.8 Å². The van der Waals surface area contributed by atoms with Gasteiger partial charge in [0.15, 0.2) is 0 Å². The molecule has 0 spiro atoms. The maximum Gasteiger partial charge on any atom is 0.215 e. The monoisotopic (exact) mass is 310 g/mol. The Morgan fingerprint density at radius 1 is 1.30 bits per heavy atom. The molecule has 0 aromatic heterocycles. The molecule has 1 N–H and O–H groups in total. The van der Waals surface area contributed by atoms with Crippen LogP contribution in [0.15, 0.2) is 24.3 Å². The summed E-state index contributed by atoms with van der Waals surface area (Å²) < 4.78 is 26.7. The summed E-state index contributed by atoms with van der Waals surface area (Å²) in [5.74, 6) is 1.10. The molecule has 1 heterocycles. The van der Waals surface area contributed by atoms with Crippen molar-refractivity contribution in [2.75, 3.05) is 12.3 Å². The molecule has 1 unspecified atom stereocenters. The van der Waals surface area contributed by atoms with Gasteiger partial charge in [0.1, 0.15) is 0 Å². The Kier molecular flexibility index (Phi) is 5.46. The van der Waals surface area contributed by atoms with Crippen molar-refractivity contribution in [3.8, 4) is 6.07 Å². The number of benzene rings is 1. The van der Waals surface area contributed by atoms with Gasteiger partial charge in [-0.05, 0) is 36.3 Å². The number of hydrogen-bond acceptors (Lipinski definition) is 4. The molecular weight excluding hydrogens is 292 g/mol. The zero-order valence-electron chi connectivity index (χ0n) is 11.2. The second kappa shape index (κ2) is 7.11. The van der Waals surface area contributed by atoms with Gasteiger partial charge in [0.05, 0.1) is 17.4 Å². The summed E-state index contributed by atoms with van der Waals surface area (Å²) in [4.78, 5) is 0. The summed E-state index contributed by atoms with van der Waals surface area (Å²) >= 11 is 1.85. The molecule has 1 aromatic carbocycles. The van der Waals surface area contributed by atoms with Crippen molar-refractivity contribution < 1.29 is 8.42 Å². The molecule has 6 heteroatoms. The van der Waals surface area contributed by atoms with Gasteiger partial charge in [-0.15, -0.1) is 0 Å². The van der Waals surface area contributed by atoms with Gasteiger partial charge in [-0.25, -0.2) is 13.1 Å². The van der Waals surface area contributed by atoms with Crippen molar-refractivity contribution in [2.24, 2.45) is 0 Å². The van der Waals surface area contributed by atoms with Crippen LogP contribution in [-0.4, -0.2) is 26.0 Å². The van der Waals surface area contributed by atoms with Gasteiger partial charge in [-0.3, -0.25) is 0 Å². The molecular formula is C14H18N2O2S2. The molecule has 0 saturated carbocycles. The molecule has 1 fully saturated rings. The highest BCUT2D eigenvalue weighted by Gasteiger charge is 2.17. The molecule has 4 nitrogen and oxygen atoms in total. The Balaban J connectivity index is 1.87. The van der Waals surface area contributed by atoms with Crippen LogP contribution in [0, 0.1) is 11.3 Å². The lowest BCUT2D eigenvalue weighted by molar-refractivity contribution is 0.573. The first-order valence-corrected chi connectivity index (χ1v) is 9.37. The van der Waals surface area contributed by atoms with Crippen LogP contribution in [0.5, 0.6) is 0 Å². The van der Waals surface area contributed by atoms with Gasteiger partial charge < -0.3 is 0 Å². The summed E-state index contributed by atoms with van der Waals surface area (Å²) in [5, 5.41) is 9.11. The fourth-order valence-corrected chi connectivity index (χ4v) is 4.67. The second-order valence-corrected chi connectivity index (χ2v) is 8.12. The van der Waals surface area contributed by atoms with Gasteiger partial charge >= 0.3 is 0 Å². The fraction of sp³-hybridized carbons (Fsp3) is 0.500. The second-order valence-electron chi connectivity index (χ2n) is 4.90. The lowest BCUT2D eigenvalue weighted by Gasteiger charge is -2.21. The van der Waals surface area contributed by atoms with Crippen molar-refractivity contribution in [3.63, 3.8) is 0 Å². The topological polar surface area (TPSA) is 70.0 Å². The van der Waals surface area contributed by atoms with E-state index in [0.29, 0.717) is 22.9 Å². The summed E-state index contributed by atoms with van der Waals surface area (Å²) in [6.07, 6.45) is 3.51. The Labute approximate surface area is 124 Å². The van der Waals surface area contributed by atoms with Crippen LogP contribution in [0.2, 0.25) is 0 Å². The molecule has 1 atom stereocenters. The van der Waals surface area contributed by atoms with Crippen molar-refractivity contribution in [3.05, 3.63) is 35.4 Å². The summed E-state index contributed by atoms with van der Waals surface area (Å²) in [6.45, 7) is 0.517. The van der Waals surface area contributed by atoms with E-state index in [4.69, 9.17) is 5.26 Å². The van der Waals surface area contributed by atoms with E-state index in [1.54, 1.807) is 24.3 Å². The molecule has 108 valence electrons. The minimum atomic E-state index is -3.30. The molecule has 1 aromatic rings. The highest BCUT2D eigenvalue weighted by molar-refractivity contribution is 8.00. The Morgan fingerprint density at radius 3 is 2.65 bits per heavy atom. The molecule has 0 aliphatic carbocycles. The molecule has 2 rings (SSSR count). The zero-order valence-corrected chi connectivity index (χ0v) is 12.8. The fourth-order valence-electron chi connectivity index (χ4n) is 2.13. The summed E-state index contributed by atoms with van der Waals surface area (Å²) in [7, 11) is -3.30. The highest BCUT2D eigenvalue weighted by atomic mass is 32.2. The first-order chi connectivity index (χ1) is 9.59. The van der Waals surface area contributed by atoms with Crippen LogP contribution >= 0.6 is 11.8 Å². The van der Waals surface area contributed by atoms with Crippen molar-refractivity contribution in [1.29, 1.82) is 5.26 Å². The highest BCUT2D eigenvalue weighted by Crippen LogP contribution is 2.24. The molecule has 1 saturated heterocycles. The molecule has 0 amide bonds. The standard InChI is InChI=1S/C14H18N2O2S2/c15-9-12-4-6-13(7-5-12)11-20(17,18)16-10-14-3-1-2-8-19-14/h4-7,14,16H,1-3,8,10-11H2. The maximum atomic E-state index is 12.0. The number of hydrogen-bond donors (Lipinski definition) is 1. The Bertz CT molecular complexity index is 570. The van der Waals surface area contributed by atoms with E-state index >= 15 is 0 Å². The maximum absolute atomic E-state index is 12.0. The van der Waals surface area contributed by atoms with Crippen molar-refractivity contribution in [1.82, 2.24) is 4.72 Å². The number of thioether (sulfide) groups is 1. The normalized spacial score (nSPS) is 19.4. The number of nitrogens with one attached hydrogen (secondary N) is 1. The van der Waals surface area contributed by atoms with E-state index in [2.05, 4.69) is 4.72 Å². The van der Waals surface area contributed by atoms with Crippen LogP contribution in [0.1, 0.15) is 30.4 Å². The van der Waals surface area contributed by atoms with E-state index in [-0.39, 0.29) is 5.75 Å². The predicted octanol–water partition coefficient (Wildman–Crippen LogP) is 2.26. The first-order valence-electron chi connectivity index (χ1n) is 6.67. The number of nitrogens with zero attached hydrogens (tertiary/aromatic N) is 1. The van der Waals surface area contributed by atoms with Crippen LogP contribution in [0.25, 0.3) is 0 Å². The minimum absolute atomic E-state index is 0.0317. The molecule has 1 aliphatic heterocycles. The van der Waals surface area contributed by atoms with Crippen LogP contribution < -0.4 is 4.72 Å². The van der Waals surface area contributed by atoms with E-state index in [0.717, 1.165) is 12.2 Å². The predicted molar refractivity (Wildman–Crippen MR) is 81.9 cm³/mol. The number of nitriles is 1. The minimum Gasteiger partial charge on any atom is -0.214 e. The molecule has 0 radical (unpaired) electrons. The molecule has 20 heavy (non-hydrogen) atoms.